The number of carboxylic acid groups (broad SMARTS) is 1. The van der Waals surface area contributed by atoms with Gasteiger partial charge in [0.2, 0.25) is 0 Å². The summed E-state index contributed by atoms with van der Waals surface area (Å²) in [5, 5.41) is 8.57. The van der Waals surface area contributed by atoms with Crippen LogP contribution < -0.4 is 14.8 Å². The average molecular weight is 909 g/mol. The SMILES string of the molecule is Cc1c[c-]c(C(=O)O)[c-]c1OP.Cc1c[c-]c(C(N)=O)[c-]c1OP.[W].[W].[Y].[Y]. The quantitative estimate of drug-likeness (QED) is 0.363. The van der Waals surface area contributed by atoms with Gasteiger partial charge in [-0.1, -0.05) is 0 Å². The second-order valence-electron chi connectivity index (χ2n) is 4.51. The van der Waals surface area contributed by atoms with E-state index in [1.807, 2.05) is 16.4 Å². The molecule has 6 nitrogen and oxygen atoms in total. The maximum Gasteiger partial charge on any atom is 0.154 e. The molecule has 0 fully saturated rings. The van der Waals surface area contributed by atoms with Gasteiger partial charge in [-0.2, -0.15) is 11.1 Å². The molecule has 2 aromatic carbocycles. The Morgan fingerprint density at radius 1 is 0.929 bits per heavy atom. The molecule has 0 saturated heterocycles. The van der Waals surface area contributed by atoms with Gasteiger partial charge in [-0.05, 0) is 11.5 Å². The van der Waals surface area contributed by atoms with Crippen LogP contribution in [0.4, 0.5) is 0 Å². The van der Waals surface area contributed by atoms with E-state index in [9.17, 15) is 9.59 Å². The molecule has 0 saturated carbocycles. The van der Waals surface area contributed by atoms with Crippen molar-refractivity contribution in [2.75, 3.05) is 0 Å². The van der Waals surface area contributed by atoms with Crippen LogP contribution in [0.25, 0.3) is 0 Å². The van der Waals surface area contributed by atoms with E-state index in [1.165, 1.54) is 0 Å². The molecular formula is C16H15NO5P2W2Y2-4. The summed E-state index contributed by atoms with van der Waals surface area (Å²) in [6.45, 7) is 3.62. The summed E-state index contributed by atoms with van der Waals surface area (Å²) in [6, 6.07) is 13.7. The Bertz CT molecular complexity index is 706. The number of primary amides is 1. The van der Waals surface area contributed by atoms with E-state index in [0.29, 0.717) is 11.5 Å². The van der Waals surface area contributed by atoms with Crippen molar-refractivity contribution in [2.24, 2.45) is 5.73 Å². The molecule has 146 valence electrons. The van der Waals surface area contributed by atoms with E-state index in [4.69, 9.17) is 19.9 Å². The standard InChI is InChI=1S/C8H8NO2P.C8H7O3P.2W.2Y/c2*1-5-2-3-6(8(9)10)4-7(5)11-12;;;;/h2H,12H2,1H3,(H2,9,10);2H,12H2,1H3,(H,9,10);;;;/q2*-2;;;;. The zero-order valence-corrected chi connectivity index (χ0v) is 28.8. The van der Waals surface area contributed by atoms with Gasteiger partial charge in [0.05, 0.1) is 24.8 Å². The van der Waals surface area contributed by atoms with E-state index in [2.05, 4.69) is 33.7 Å². The fraction of sp³-hybridized carbons (Fsp3) is 0.125. The summed E-state index contributed by atoms with van der Waals surface area (Å²) in [7, 11) is 4.13. The molecule has 12 heteroatoms. The average Bonchev–Trinajstić information content (AvgIpc) is 2.55. The van der Waals surface area contributed by atoms with Crippen molar-refractivity contribution >= 4 is 30.8 Å². The largest absolute Gasteiger partial charge is 0.563 e. The molecule has 2 unspecified atom stereocenters. The fourth-order valence-electron chi connectivity index (χ4n) is 1.48. The van der Waals surface area contributed by atoms with E-state index in [-0.39, 0.29) is 119 Å². The number of rotatable bonds is 4. The number of carbonyl (C=O) groups is 2. The van der Waals surface area contributed by atoms with Crippen molar-refractivity contribution < 1.29 is 131 Å². The first kappa shape index (κ1) is 36.8. The van der Waals surface area contributed by atoms with E-state index < -0.39 is 11.9 Å². The minimum Gasteiger partial charge on any atom is -0.563 e. The third-order valence-electron chi connectivity index (χ3n) is 2.76. The number of carboxylic acids is 1. The van der Waals surface area contributed by atoms with Crippen LogP contribution in [0.2, 0.25) is 0 Å². The monoisotopic (exact) mass is 909 g/mol. The summed E-state index contributed by atoms with van der Waals surface area (Å²) in [5.74, 6) is -0.708. The third kappa shape index (κ3) is 12.3. The van der Waals surface area contributed by atoms with E-state index in [0.717, 1.165) is 11.1 Å². The number of amides is 1. The van der Waals surface area contributed by atoms with Gasteiger partial charge in [0.25, 0.3) is 0 Å². The minimum absolute atomic E-state index is 0. The predicted octanol–water partition coefficient (Wildman–Crippen LogP) is 2.32. The fourth-order valence-corrected chi connectivity index (χ4v) is 1.97. The van der Waals surface area contributed by atoms with Gasteiger partial charge < -0.3 is 29.5 Å². The van der Waals surface area contributed by atoms with Crippen molar-refractivity contribution in [1.82, 2.24) is 0 Å². The summed E-state index contributed by atoms with van der Waals surface area (Å²) in [5.41, 5.74) is 6.87. The molecule has 0 aromatic heterocycles. The Labute approximate surface area is 248 Å². The summed E-state index contributed by atoms with van der Waals surface area (Å²) in [4.78, 5) is 21.1. The molecule has 2 rings (SSSR count). The molecule has 0 aliphatic carbocycles. The van der Waals surface area contributed by atoms with E-state index in [1.54, 1.807) is 19.1 Å². The zero-order chi connectivity index (χ0) is 18.3. The van der Waals surface area contributed by atoms with Gasteiger partial charge >= 0.3 is 0 Å². The number of hydrogen-bond acceptors (Lipinski definition) is 4. The van der Waals surface area contributed by atoms with Crippen LogP contribution in [0.1, 0.15) is 31.8 Å². The maximum absolute atomic E-state index is 10.7. The van der Waals surface area contributed by atoms with Crippen molar-refractivity contribution in [2.45, 2.75) is 13.8 Å². The van der Waals surface area contributed by atoms with E-state index >= 15 is 0 Å². The Morgan fingerprint density at radius 2 is 1.29 bits per heavy atom. The number of aryl methyl sites for hydroxylation is 2. The van der Waals surface area contributed by atoms with Gasteiger partial charge in [-0.3, -0.25) is 12.1 Å². The molecule has 0 aliphatic heterocycles. The Kier molecular flexibility index (Phi) is 25.1. The second kappa shape index (κ2) is 19.1. The molecule has 2 aromatic rings. The van der Waals surface area contributed by atoms with Crippen molar-refractivity contribution in [3.63, 3.8) is 0 Å². The topological polar surface area (TPSA) is 98.9 Å². The molecule has 0 bridgehead atoms. The Hall–Kier alpha value is 1.42. The normalized spacial score (nSPS) is 8.14. The minimum atomic E-state index is -1.06. The van der Waals surface area contributed by atoms with Crippen LogP contribution in [-0.4, -0.2) is 17.0 Å². The molecule has 3 N–H and O–H groups in total. The van der Waals surface area contributed by atoms with Gasteiger partial charge in [0.15, 0.2) is 5.97 Å². The smallest absolute Gasteiger partial charge is 0.154 e. The van der Waals surface area contributed by atoms with Crippen LogP contribution in [0.15, 0.2) is 12.1 Å². The van der Waals surface area contributed by atoms with Crippen LogP contribution >= 0.6 is 18.9 Å². The van der Waals surface area contributed by atoms with Crippen LogP contribution in [-0.2, 0) is 108 Å². The van der Waals surface area contributed by atoms with Crippen LogP contribution in [0.3, 0.4) is 0 Å². The van der Waals surface area contributed by atoms with Crippen molar-refractivity contribution in [3.05, 3.63) is 58.7 Å². The van der Waals surface area contributed by atoms with Gasteiger partial charge in [-0.15, -0.1) is 13.8 Å². The first-order valence-electron chi connectivity index (χ1n) is 6.45. The zero-order valence-electron chi connectivity index (χ0n) is 14.9. The number of benzene rings is 2. The van der Waals surface area contributed by atoms with Gasteiger partial charge in [-0.25, -0.2) is 35.4 Å². The molecule has 0 aliphatic rings. The maximum atomic E-state index is 10.7. The predicted molar refractivity (Wildman–Crippen MR) is 93.9 cm³/mol. The first-order valence-corrected chi connectivity index (χ1v) is 7.40. The Balaban J connectivity index is -0.000000180. The van der Waals surface area contributed by atoms with Crippen LogP contribution in [0, 0.1) is 38.1 Å². The number of hydrogen-bond donors (Lipinski definition) is 2. The molecule has 1 amide bonds. The molecule has 2 atom stereocenters. The Morgan fingerprint density at radius 3 is 1.61 bits per heavy atom. The number of aromatic carboxylic acids is 1. The summed E-state index contributed by atoms with van der Waals surface area (Å²) >= 11 is 0. The molecular weight excluding hydrogens is 894 g/mol. The molecule has 0 spiro atoms. The summed E-state index contributed by atoms with van der Waals surface area (Å²) < 4.78 is 9.68. The molecule has 2 radical (unpaired) electrons. The van der Waals surface area contributed by atoms with Crippen LogP contribution in [0.5, 0.6) is 11.5 Å². The summed E-state index contributed by atoms with van der Waals surface area (Å²) in [6.07, 6.45) is 0. The van der Waals surface area contributed by atoms with Crippen molar-refractivity contribution in [1.29, 1.82) is 0 Å². The number of nitrogens with two attached hydrogens (primary N) is 1. The van der Waals surface area contributed by atoms with Gasteiger partial charge in [0, 0.05) is 108 Å². The van der Waals surface area contributed by atoms with Gasteiger partial charge in [0.1, 0.15) is 0 Å². The molecule has 28 heavy (non-hydrogen) atoms. The third-order valence-corrected chi connectivity index (χ3v) is 3.23. The second-order valence-corrected chi connectivity index (χ2v) is 4.98. The molecule has 0 heterocycles. The van der Waals surface area contributed by atoms with Crippen molar-refractivity contribution in [3.8, 4) is 11.5 Å². The first-order chi connectivity index (χ1) is 11.3. The number of carbonyl (C=O) groups excluding carboxylic acids is 1.